The van der Waals surface area contributed by atoms with Crippen LogP contribution >= 0.6 is 15.9 Å². The zero-order chi connectivity index (χ0) is 10.6. The van der Waals surface area contributed by atoms with Crippen molar-refractivity contribution in [2.45, 2.75) is 17.7 Å². The van der Waals surface area contributed by atoms with Gasteiger partial charge in [0.1, 0.15) is 0 Å². The second-order valence-electron chi connectivity index (χ2n) is 3.38. The number of hydrogen-bond donors (Lipinski definition) is 2. The third-order valence-electron chi connectivity index (χ3n) is 2.13. The van der Waals surface area contributed by atoms with Crippen LogP contribution in [0.3, 0.4) is 0 Å². The molecule has 1 heterocycles. The van der Waals surface area contributed by atoms with Crippen molar-refractivity contribution in [3.8, 4) is 0 Å². The van der Waals surface area contributed by atoms with Crippen LogP contribution in [0.15, 0.2) is 0 Å². The Kier molecular flexibility index (Phi) is 4.25. The lowest BCUT2D eigenvalue weighted by atomic mass is 9.99. The van der Waals surface area contributed by atoms with E-state index in [-0.39, 0.29) is 11.8 Å². The molecule has 1 rings (SSSR count). The van der Waals surface area contributed by atoms with Gasteiger partial charge in [0.05, 0.1) is 12.5 Å². The summed E-state index contributed by atoms with van der Waals surface area (Å²) in [6.07, 6.45) is 1.69. The van der Waals surface area contributed by atoms with Crippen LogP contribution in [-0.2, 0) is 4.79 Å². The Hall–Kier alpha value is -0.230. The van der Waals surface area contributed by atoms with E-state index in [1.54, 1.807) is 0 Å². The summed E-state index contributed by atoms with van der Waals surface area (Å²) in [5, 5.41) is 5.27. The lowest BCUT2D eigenvalue weighted by Gasteiger charge is -2.22. The summed E-state index contributed by atoms with van der Waals surface area (Å²) in [5.74, 6) is -0.463. The molecule has 14 heavy (non-hydrogen) atoms. The van der Waals surface area contributed by atoms with Crippen LogP contribution in [0.4, 0.5) is 8.78 Å². The van der Waals surface area contributed by atoms with Crippen molar-refractivity contribution >= 4 is 21.8 Å². The number of piperidine rings is 1. The quantitative estimate of drug-likeness (QED) is 0.754. The summed E-state index contributed by atoms with van der Waals surface area (Å²) in [5.41, 5.74) is 0. The third kappa shape index (κ3) is 4.32. The largest absolute Gasteiger partial charge is 0.349 e. The molecule has 0 aromatic heterocycles. The topological polar surface area (TPSA) is 41.1 Å². The Bertz CT molecular complexity index is 202. The van der Waals surface area contributed by atoms with Crippen molar-refractivity contribution in [3.05, 3.63) is 0 Å². The lowest BCUT2D eigenvalue weighted by Crippen LogP contribution is -2.43. The molecule has 2 N–H and O–H groups in total. The van der Waals surface area contributed by atoms with Gasteiger partial charge in [-0.1, -0.05) is 0 Å². The summed E-state index contributed by atoms with van der Waals surface area (Å²) in [6.45, 7) is 0.834. The first-order valence-electron chi connectivity index (χ1n) is 4.54. The number of carbonyl (C=O) groups excluding carboxylic acids is 1. The van der Waals surface area contributed by atoms with E-state index in [2.05, 4.69) is 26.6 Å². The Labute approximate surface area is 89.7 Å². The minimum Gasteiger partial charge on any atom is -0.349 e. The first-order chi connectivity index (χ1) is 6.49. The molecule has 1 aliphatic rings. The van der Waals surface area contributed by atoms with Crippen molar-refractivity contribution in [1.29, 1.82) is 0 Å². The van der Waals surface area contributed by atoms with Crippen molar-refractivity contribution in [3.63, 3.8) is 0 Å². The molecule has 0 unspecified atom stereocenters. The summed E-state index contributed by atoms with van der Waals surface area (Å²) in [7, 11) is 0. The number of carbonyl (C=O) groups is 1. The summed E-state index contributed by atoms with van der Waals surface area (Å²) in [6, 6.07) is 0. The van der Waals surface area contributed by atoms with Gasteiger partial charge in [0, 0.05) is 6.54 Å². The Morgan fingerprint density at radius 1 is 1.64 bits per heavy atom. The van der Waals surface area contributed by atoms with Crippen LogP contribution in [-0.4, -0.2) is 30.4 Å². The van der Waals surface area contributed by atoms with Crippen LogP contribution in [0.1, 0.15) is 12.8 Å². The minimum absolute atomic E-state index is 0.168. The number of hydrogen-bond acceptors (Lipinski definition) is 2. The maximum absolute atomic E-state index is 12.3. The molecule has 1 aliphatic heterocycles. The van der Waals surface area contributed by atoms with E-state index in [1.807, 2.05) is 0 Å². The fourth-order valence-electron chi connectivity index (χ4n) is 1.41. The summed E-state index contributed by atoms with van der Waals surface area (Å²) in [4.78, 5) is 8.33. The number of halogens is 3. The number of rotatable bonds is 3. The zero-order valence-corrected chi connectivity index (χ0v) is 9.24. The van der Waals surface area contributed by atoms with Crippen LogP contribution in [0.25, 0.3) is 0 Å². The molecule has 82 valence electrons. The van der Waals surface area contributed by atoms with Gasteiger partial charge in [0.25, 0.3) is 0 Å². The highest BCUT2D eigenvalue weighted by Crippen LogP contribution is 2.20. The number of alkyl halides is 3. The van der Waals surface area contributed by atoms with Gasteiger partial charge in [-0.2, -0.15) is 8.78 Å². The highest BCUT2D eigenvalue weighted by molar-refractivity contribution is 9.10. The van der Waals surface area contributed by atoms with Gasteiger partial charge in [-0.05, 0) is 35.3 Å². The molecule has 0 saturated carbocycles. The number of amides is 1. The maximum atomic E-state index is 12.3. The maximum Gasteiger partial charge on any atom is 0.318 e. The van der Waals surface area contributed by atoms with Gasteiger partial charge < -0.3 is 10.6 Å². The highest BCUT2D eigenvalue weighted by Gasteiger charge is 2.27. The van der Waals surface area contributed by atoms with Crippen LogP contribution in [0.5, 0.6) is 0 Å². The standard InChI is InChI=1S/C8H13BrF2N2O/c9-8(10,11)5-13-7(14)6-2-1-3-12-4-6/h6,12H,1-5H2,(H,13,14)/t6-/m1/s1. The van der Waals surface area contributed by atoms with Gasteiger partial charge in [-0.25, -0.2) is 0 Å². The zero-order valence-electron chi connectivity index (χ0n) is 7.66. The van der Waals surface area contributed by atoms with Gasteiger partial charge in [0.15, 0.2) is 0 Å². The van der Waals surface area contributed by atoms with Gasteiger partial charge >= 0.3 is 4.83 Å². The summed E-state index contributed by atoms with van der Waals surface area (Å²) < 4.78 is 24.7. The lowest BCUT2D eigenvalue weighted by molar-refractivity contribution is -0.126. The van der Waals surface area contributed by atoms with E-state index >= 15 is 0 Å². The molecule has 0 aliphatic carbocycles. The molecule has 3 nitrogen and oxygen atoms in total. The average Bonchev–Trinajstić information content (AvgIpc) is 2.14. The van der Waals surface area contributed by atoms with Crippen molar-refractivity contribution in [2.75, 3.05) is 19.6 Å². The molecule has 0 spiro atoms. The minimum atomic E-state index is -3.01. The molecular formula is C8H13BrF2N2O. The predicted octanol–water partition coefficient (Wildman–Crippen LogP) is 1.09. The van der Waals surface area contributed by atoms with E-state index in [4.69, 9.17) is 0 Å². The van der Waals surface area contributed by atoms with E-state index in [0.717, 1.165) is 19.4 Å². The molecule has 0 radical (unpaired) electrons. The van der Waals surface area contributed by atoms with Crippen LogP contribution < -0.4 is 10.6 Å². The second-order valence-corrected chi connectivity index (χ2v) is 4.54. The molecule has 0 aromatic rings. The molecule has 6 heteroatoms. The Morgan fingerprint density at radius 2 is 2.36 bits per heavy atom. The first-order valence-corrected chi connectivity index (χ1v) is 5.33. The van der Waals surface area contributed by atoms with Crippen LogP contribution in [0, 0.1) is 5.92 Å². The van der Waals surface area contributed by atoms with Crippen molar-refractivity contribution in [2.24, 2.45) is 5.92 Å². The highest BCUT2D eigenvalue weighted by atomic mass is 79.9. The van der Waals surface area contributed by atoms with E-state index in [9.17, 15) is 13.6 Å². The second kappa shape index (κ2) is 5.02. The Morgan fingerprint density at radius 3 is 2.86 bits per heavy atom. The molecular weight excluding hydrogens is 258 g/mol. The van der Waals surface area contributed by atoms with Crippen LogP contribution in [0.2, 0.25) is 0 Å². The summed E-state index contributed by atoms with van der Waals surface area (Å²) >= 11 is 2.17. The fraction of sp³-hybridized carbons (Fsp3) is 0.875. The SMILES string of the molecule is O=C(NCC(F)(F)Br)[C@@H]1CCCNC1. The van der Waals surface area contributed by atoms with E-state index in [0.29, 0.717) is 6.54 Å². The van der Waals surface area contributed by atoms with Gasteiger partial charge in [-0.3, -0.25) is 4.79 Å². The van der Waals surface area contributed by atoms with E-state index < -0.39 is 11.4 Å². The molecule has 1 atom stereocenters. The molecule has 0 bridgehead atoms. The molecule has 1 fully saturated rings. The average molecular weight is 271 g/mol. The molecule has 1 saturated heterocycles. The molecule has 1 amide bonds. The predicted molar refractivity (Wildman–Crippen MR) is 52.5 cm³/mol. The fourth-order valence-corrected chi connectivity index (χ4v) is 1.55. The van der Waals surface area contributed by atoms with E-state index in [1.165, 1.54) is 0 Å². The van der Waals surface area contributed by atoms with Gasteiger partial charge in [0.2, 0.25) is 5.91 Å². The smallest absolute Gasteiger partial charge is 0.318 e. The monoisotopic (exact) mass is 270 g/mol. The molecule has 0 aromatic carbocycles. The van der Waals surface area contributed by atoms with Crippen molar-refractivity contribution in [1.82, 2.24) is 10.6 Å². The third-order valence-corrected chi connectivity index (χ3v) is 2.41. The first kappa shape index (κ1) is 11.8. The number of nitrogens with one attached hydrogen (secondary N) is 2. The normalized spacial score (nSPS) is 23.2. The van der Waals surface area contributed by atoms with Crippen molar-refractivity contribution < 1.29 is 13.6 Å². The Balaban J connectivity index is 2.27. The van der Waals surface area contributed by atoms with Gasteiger partial charge in [-0.15, -0.1) is 0 Å².